The molecule has 1 saturated carbocycles. The van der Waals surface area contributed by atoms with Crippen LogP contribution in [-0.2, 0) is 10.3 Å². The molecule has 3 amide bonds. The van der Waals surface area contributed by atoms with Crippen molar-refractivity contribution in [3.8, 4) is 0 Å². The lowest BCUT2D eigenvalue weighted by molar-refractivity contribution is -0.130. The Morgan fingerprint density at radius 2 is 1.79 bits per heavy atom. The summed E-state index contributed by atoms with van der Waals surface area (Å²) in [5, 5.41) is 2.76. The van der Waals surface area contributed by atoms with Crippen LogP contribution in [0.2, 0.25) is 0 Å². The third kappa shape index (κ3) is 2.84. The number of nitrogens with zero attached hydrogens (tertiary/aromatic N) is 2. The normalized spacial score (nSPS) is 21.9. The average molecular weight is 379 g/mol. The molecule has 146 valence electrons. The van der Waals surface area contributed by atoms with E-state index in [9.17, 15) is 14.4 Å². The van der Waals surface area contributed by atoms with Gasteiger partial charge in [-0.25, -0.2) is 4.79 Å². The van der Waals surface area contributed by atoms with Crippen molar-refractivity contribution >= 4 is 17.7 Å². The molecule has 1 atom stereocenters. The molecule has 1 aromatic heterocycles. The van der Waals surface area contributed by atoms with Crippen molar-refractivity contribution in [3.63, 3.8) is 0 Å². The van der Waals surface area contributed by atoms with Gasteiger partial charge in [0.15, 0.2) is 5.78 Å². The molecule has 1 saturated heterocycles. The van der Waals surface area contributed by atoms with Gasteiger partial charge in [-0.1, -0.05) is 29.8 Å². The number of rotatable bonds is 5. The van der Waals surface area contributed by atoms with Crippen LogP contribution in [0.5, 0.6) is 0 Å². The largest absolute Gasteiger partial charge is 0.345 e. The molecule has 6 nitrogen and oxygen atoms in total. The van der Waals surface area contributed by atoms with Crippen molar-refractivity contribution in [2.45, 2.75) is 52.1 Å². The standard InChI is InChI=1S/C22H25N3O3/c1-13-5-7-16(8-6-13)22(4)20(27)24(21(28)23-22)12-19(26)18-11-14(2)25(15(18)3)17-9-10-17/h5-8,11,17H,9-10,12H2,1-4H3,(H,23,28). The van der Waals surface area contributed by atoms with Crippen LogP contribution in [0.15, 0.2) is 30.3 Å². The summed E-state index contributed by atoms with van der Waals surface area (Å²) in [5.74, 6) is -0.609. The highest BCUT2D eigenvalue weighted by Gasteiger charge is 2.49. The van der Waals surface area contributed by atoms with Crippen LogP contribution in [0.4, 0.5) is 4.79 Å². The maximum Gasteiger partial charge on any atom is 0.325 e. The van der Waals surface area contributed by atoms with Gasteiger partial charge in [0, 0.05) is 23.0 Å². The van der Waals surface area contributed by atoms with E-state index in [1.54, 1.807) is 6.92 Å². The predicted octanol–water partition coefficient (Wildman–Crippen LogP) is 3.40. The van der Waals surface area contributed by atoms with Crippen LogP contribution in [0.25, 0.3) is 0 Å². The molecule has 2 fully saturated rings. The van der Waals surface area contributed by atoms with Crippen LogP contribution in [0.1, 0.15) is 58.7 Å². The zero-order valence-electron chi connectivity index (χ0n) is 16.7. The first kappa shape index (κ1) is 18.5. The van der Waals surface area contributed by atoms with E-state index < -0.39 is 17.5 Å². The van der Waals surface area contributed by atoms with Gasteiger partial charge < -0.3 is 9.88 Å². The number of aryl methyl sites for hydroxylation is 2. The van der Waals surface area contributed by atoms with Crippen molar-refractivity contribution in [2.75, 3.05) is 6.54 Å². The van der Waals surface area contributed by atoms with E-state index in [1.165, 1.54) is 0 Å². The molecule has 2 heterocycles. The summed E-state index contributed by atoms with van der Waals surface area (Å²) in [6, 6.07) is 9.29. The molecule has 28 heavy (non-hydrogen) atoms. The summed E-state index contributed by atoms with van der Waals surface area (Å²) in [6.07, 6.45) is 2.26. The summed E-state index contributed by atoms with van der Waals surface area (Å²) < 4.78 is 2.19. The highest BCUT2D eigenvalue weighted by Crippen LogP contribution is 2.38. The fraction of sp³-hybridized carbons (Fsp3) is 0.409. The summed E-state index contributed by atoms with van der Waals surface area (Å²) in [6.45, 7) is 7.32. The van der Waals surface area contributed by atoms with Crippen molar-refractivity contribution in [2.24, 2.45) is 0 Å². The Bertz CT molecular complexity index is 985. The third-order valence-corrected chi connectivity index (χ3v) is 5.90. The maximum absolute atomic E-state index is 13.1. The van der Waals surface area contributed by atoms with Gasteiger partial charge >= 0.3 is 6.03 Å². The molecule has 0 bridgehead atoms. The minimum atomic E-state index is -1.16. The lowest BCUT2D eigenvalue weighted by Crippen LogP contribution is -2.41. The second kappa shape index (κ2) is 6.33. The fourth-order valence-electron chi connectivity index (χ4n) is 4.11. The Morgan fingerprint density at radius 3 is 2.39 bits per heavy atom. The number of ketones is 1. The number of benzene rings is 1. The maximum atomic E-state index is 13.1. The highest BCUT2D eigenvalue weighted by atomic mass is 16.2. The van der Waals surface area contributed by atoms with Crippen molar-refractivity contribution in [3.05, 3.63) is 58.4 Å². The van der Waals surface area contributed by atoms with Crippen molar-refractivity contribution in [1.82, 2.24) is 14.8 Å². The van der Waals surface area contributed by atoms with Crippen molar-refractivity contribution < 1.29 is 14.4 Å². The molecule has 6 heteroatoms. The van der Waals surface area contributed by atoms with E-state index in [0.29, 0.717) is 17.2 Å². The smallest absolute Gasteiger partial charge is 0.325 e. The molecular formula is C22H25N3O3. The van der Waals surface area contributed by atoms with E-state index in [2.05, 4.69) is 9.88 Å². The summed E-state index contributed by atoms with van der Waals surface area (Å²) in [5.41, 5.74) is 3.17. The average Bonchev–Trinajstić information content (AvgIpc) is 3.39. The number of hydrogen-bond donors (Lipinski definition) is 1. The molecular weight excluding hydrogens is 354 g/mol. The van der Waals surface area contributed by atoms with Gasteiger partial charge in [-0.2, -0.15) is 0 Å². The molecule has 0 radical (unpaired) electrons. The van der Waals surface area contributed by atoms with E-state index in [4.69, 9.17) is 0 Å². The number of amides is 3. The molecule has 2 aliphatic rings. The number of aromatic nitrogens is 1. The second-order valence-electron chi connectivity index (χ2n) is 8.12. The van der Waals surface area contributed by atoms with Gasteiger partial charge in [0.1, 0.15) is 5.54 Å². The monoisotopic (exact) mass is 379 g/mol. The molecule has 1 unspecified atom stereocenters. The molecule has 2 aromatic rings. The molecule has 0 spiro atoms. The first-order chi connectivity index (χ1) is 13.2. The first-order valence-electron chi connectivity index (χ1n) is 9.65. The van der Waals surface area contributed by atoms with Gasteiger partial charge in [0.25, 0.3) is 5.91 Å². The Balaban J connectivity index is 1.58. The molecule has 1 aromatic carbocycles. The van der Waals surface area contributed by atoms with Gasteiger partial charge in [-0.15, -0.1) is 0 Å². The van der Waals surface area contributed by atoms with Gasteiger partial charge in [0.05, 0.1) is 6.54 Å². The van der Waals surface area contributed by atoms with Crippen LogP contribution in [-0.4, -0.2) is 33.7 Å². The van der Waals surface area contributed by atoms with Gasteiger partial charge in [-0.05, 0) is 52.2 Å². The molecule has 1 aliphatic heterocycles. The van der Waals surface area contributed by atoms with E-state index in [1.807, 2.05) is 51.1 Å². The Hall–Kier alpha value is -2.89. The molecule has 4 rings (SSSR count). The van der Waals surface area contributed by atoms with Gasteiger partial charge in [-0.3, -0.25) is 14.5 Å². The summed E-state index contributed by atoms with van der Waals surface area (Å²) in [7, 11) is 0. The lowest BCUT2D eigenvalue weighted by atomic mass is 9.91. The van der Waals surface area contributed by atoms with Gasteiger partial charge in [0.2, 0.25) is 0 Å². The van der Waals surface area contributed by atoms with Crippen molar-refractivity contribution in [1.29, 1.82) is 0 Å². The minimum Gasteiger partial charge on any atom is -0.345 e. The number of urea groups is 1. The number of hydrogen-bond acceptors (Lipinski definition) is 3. The van der Waals surface area contributed by atoms with Crippen LogP contribution >= 0.6 is 0 Å². The van der Waals surface area contributed by atoms with E-state index in [0.717, 1.165) is 34.7 Å². The summed E-state index contributed by atoms with van der Waals surface area (Å²) in [4.78, 5) is 39.5. The lowest BCUT2D eigenvalue weighted by Gasteiger charge is -2.22. The van der Waals surface area contributed by atoms with Crippen LogP contribution < -0.4 is 5.32 Å². The summed E-state index contributed by atoms with van der Waals surface area (Å²) >= 11 is 0. The number of carbonyl (C=O) groups is 3. The number of Topliss-reactive ketones (excluding diaryl/α,β-unsaturated/α-hetero) is 1. The quantitative estimate of drug-likeness (QED) is 0.639. The number of nitrogens with one attached hydrogen (secondary N) is 1. The number of imide groups is 1. The second-order valence-corrected chi connectivity index (χ2v) is 8.12. The Morgan fingerprint density at radius 1 is 1.14 bits per heavy atom. The van der Waals surface area contributed by atoms with E-state index in [-0.39, 0.29) is 12.3 Å². The van der Waals surface area contributed by atoms with Crippen LogP contribution in [0, 0.1) is 20.8 Å². The zero-order valence-corrected chi connectivity index (χ0v) is 16.7. The Labute approximate surface area is 164 Å². The molecule has 1 aliphatic carbocycles. The third-order valence-electron chi connectivity index (χ3n) is 5.90. The molecule has 1 N–H and O–H groups in total. The first-order valence-corrected chi connectivity index (χ1v) is 9.65. The Kier molecular flexibility index (Phi) is 4.17. The fourth-order valence-corrected chi connectivity index (χ4v) is 4.11. The topological polar surface area (TPSA) is 71.4 Å². The number of carbonyl (C=O) groups excluding carboxylic acids is 3. The SMILES string of the molecule is Cc1ccc(C2(C)NC(=O)N(CC(=O)c3cc(C)n(C4CC4)c3C)C2=O)cc1. The predicted molar refractivity (Wildman–Crippen MR) is 105 cm³/mol. The zero-order chi connectivity index (χ0) is 20.2. The van der Waals surface area contributed by atoms with E-state index >= 15 is 0 Å². The highest BCUT2D eigenvalue weighted by molar-refractivity contribution is 6.11. The van der Waals surface area contributed by atoms with Crippen LogP contribution in [0.3, 0.4) is 0 Å². The minimum absolute atomic E-state index is 0.211.